The van der Waals surface area contributed by atoms with Crippen LogP contribution in [0.1, 0.15) is 187 Å². The second kappa shape index (κ2) is 23.1. The van der Waals surface area contributed by atoms with Crippen LogP contribution in [0.3, 0.4) is 0 Å². The van der Waals surface area contributed by atoms with E-state index in [4.69, 9.17) is 11.5 Å². The molecule has 2 heteroatoms. The number of rotatable bonds is 25. The van der Waals surface area contributed by atoms with E-state index >= 15 is 0 Å². The van der Waals surface area contributed by atoms with Crippen molar-refractivity contribution < 1.29 is 0 Å². The van der Waals surface area contributed by atoms with Crippen LogP contribution < -0.4 is 11.5 Å². The van der Waals surface area contributed by atoms with Gasteiger partial charge in [0.15, 0.2) is 0 Å². The van der Waals surface area contributed by atoms with E-state index in [1.165, 1.54) is 149 Å². The van der Waals surface area contributed by atoms with Crippen molar-refractivity contribution in [1.82, 2.24) is 0 Å². The zero-order valence-corrected chi connectivity index (χ0v) is 32.6. The molecule has 4 N–H and O–H groups in total. The highest BCUT2D eigenvalue weighted by Gasteiger charge is 2.17. The third kappa shape index (κ3) is 14.2. The molecule has 51 heavy (non-hydrogen) atoms. The Hall–Kier alpha value is -3.52. The molecule has 4 aromatic carbocycles. The Morgan fingerprint density at radius 1 is 0.373 bits per heavy atom. The monoisotopic (exact) mass is 687 g/mol. The van der Waals surface area contributed by atoms with Gasteiger partial charge in [-0.3, -0.25) is 0 Å². The Morgan fingerprint density at radius 2 is 0.667 bits per heavy atom. The van der Waals surface area contributed by atoms with Crippen molar-refractivity contribution in [2.75, 3.05) is 11.5 Å². The third-order valence-corrected chi connectivity index (χ3v) is 11.2. The first-order chi connectivity index (χ1) is 25.0. The number of benzene rings is 4. The Kier molecular flexibility index (Phi) is 18.3. The fraction of sp³-hybridized carbons (Fsp3) is 0.510. The van der Waals surface area contributed by atoms with Gasteiger partial charge >= 0.3 is 0 Å². The summed E-state index contributed by atoms with van der Waals surface area (Å²) in [5.74, 6) is 1.30. The molecular formula is C49H70N2. The van der Waals surface area contributed by atoms with E-state index in [9.17, 15) is 0 Å². The molecule has 276 valence electrons. The molecule has 0 fully saturated rings. The molecule has 0 saturated heterocycles. The van der Waals surface area contributed by atoms with Crippen LogP contribution in [-0.2, 0) is 6.42 Å². The second-order valence-corrected chi connectivity index (χ2v) is 15.5. The highest BCUT2D eigenvalue weighted by molar-refractivity contribution is 5.44. The van der Waals surface area contributed by atoms with Crippen LogP contribution in [0.4, 0.5) is 11.4 Å². The van der Waals surface area contributed by atoms with E-state index in [1.54, 1.807) is 0 Å². The summed E-state index contributed by atoms with van der Waals surface area (Å²) >= 11 is 0. The van der Waals surface area contributed by atoms with Crippen molar-refractivity contribution in [1.29, 1.82) is 0 Å². The lowest BCUT2D eigenvalue weighted by Gasteiger charge is -2.21. The first-order valence-electron chi connectivity index (χ1n) is 20.9. The Labute approximate surface area is 312 Å². The van der Waals surface area contributed by atoms with Gasteiger partial charge in [-0.05, 0) is 82.8 Å². The second-order valence-electron chi connectivity index (χ2n) is 15.5. The van der Waals surface area contributed by atoms with Crippen LogP contribution in [0.5, 0.6) is 0 Å². The van der Waals surface area contributed by atoms with Gasteiger partial charge in [0.2, 0.25) is 0 Å². The summed E-state index contributed by atoms with van der Waals surface area (Å²) < 4.78 is 0. The number of anilines is 2. The quantitative estimate of drug-likeness (QED) is 0.0538. The average Bonchev–Trinajstić information content (AvgIpc) is 3.15. The van der Waals surface area contributed by atoms with Crippen molar-refractivity contribution in [3.8, 4) is 0 Å². The van der Waals surface area contributed by atoms with Gasteiger partial charge in [0.05, 0.1) is 0 Å². The zero-order chi connectivity index (χ0) is 36.1. The van der Waals surface area contributed by atoms with Crippen LogP contribution in [0.2, 0.25) is 0 Å². The molecule has 0 saturated carbocycles. The predicted octanol–water partition coefficient (Wildman–Crippen LogP) is 14.5. The molecule has 0 bridgehead atoms. The van der Waals surface area contributed by atoms with E-state index in [1.807, 2.05) is 0 Å². The van der Waals surface area contributed by atoms with Crippen LogP contribution in [0, 0.1) is 0 Å². The number of nitrogen functional groups attached to an aromatic ring is 2. The topological polar surface area (TPSA) is 52.0 Å². The first kappa shape index (κ1) is 40.3. The van der Waals surface area contributed by atoms with Gasteiger partial charge in [-0.25, -0.2) is 0 Å². The number of hydrogen-bond acceptors (Lipinski definition) is 2. The molecule has 0 amide bonds. The lowest BCUT2D eigenvalue weighted by molar-refractivity contribution is 0.551. The SMILES string of the molecule is CCCCCCCCCCC(c1ccc(N)cc1)c1ccc(CC(C)c2ccc(C(CCCCCCCCCC)c3ccc(N)cc3)cc2)cc1. The van der Waals surface area contributed by atoms with Crippen LogP contribution in [0.25, 0.3) is 0 Å². The van der Waals surface area contributed by atoms with Gasteiger partial charge in [-0.2, -0.15) is 0 Å². The Morgan fingerprint density at radius 3 is 1.04 bits per heavy atom. The third-order valence-electron chi connectivity index (χ3n) is 11.2. The summed E-state index contributed by atoms with van der Waals surface area (Å²) in [7, 11) is 0. The molecule has 4 rings (SSSR count). The summed E-state index contributed by atoms with van der Waals surface area (Å²) in [6.07, 6.45) is 25.1. The molecule has 0 heterocycles. The minimum Gasteiger partial charge on any atom is -0.399 e. The minimum atomic E-state index is 0.419. The summed E-state index contributed by atoms with van der Waals surface area (Å²) in [4.78, 5) is 0. The molecule has 0 radical (unpaired) electrons. The maximum Gasteiger partial charge on any atom is 0.0314 e. The molecule has 4 aromatic rings. The van der Waals surface area contributed by atoms with Gasteiger partial charge < -0.3 is 11.5 Å². The number of unbranched alkanes of at least 4 members (excludes halogenated alkanes) is 14. The molecule has 0 aromatic heterocycles. The molecule has 3 atom stereocenters. The van der Waals surface area contributed by atoms with Crippen LogP contribution in [-0.4, -0.2) is 0 Å². The van der Waals surface area contributed by atoms with E-state index in [0.717, 1.165) is 17.8 Å². The molecule has 0 spiro atoms. The summed E-state index contributed by atoms with van der Waals surface area (Å²) in [5, 5.41) is 0. The largest absolute Gasteiger partial charge is 0.399 e. The normalized spacial score (nSPS) is 13.2. The van der Waals surface area contributed by atoms with Crippen molar-refractivity contribution >= 4 is 11.4 Å². The lowest BCUT2D eigenvalue weighted by Crippen LogP contribution is -2.04. The summed E-state index contributed by atoms with van der Waals surface area (Å²) in [5.41, 5.74) is 22.3. The summed E-state index contributed by atoms with van der Waals surface area (Å²) in [6.45, 7) is 6.96. The summed E-state index contributed by atoms with van der Waals surface area (Å²) in [6, 6.07) is 36.3. The lowest BCUT2D eigenvalue weighted by atomic mass is 9.84. The van der Waals surface area contributed by atoms with Crippen molar-refractivity contribution in [3.63, 3.8) is 0 Å². The van der Waals surface area contributed by atoms with Crippen molar-refractivity contribution in [3.05, 3.63) is 130 Å². The molecular weight excluding hydrogens is 617 g/mol. The predicted molar refractivity (Wildman–Crippen MR) is 225 cm³/mol. The maximum absolute atomic E-state index is 6.07. The van der Waals surface area contributed by atoms with E-state index in [-0.39, 0.29) is 0 Å². The molecule has 0 aliphatic rings. The van der Waals surface area contributed by atoms with Gasteiger partial charge in [0.25, 0.3) is 0 Å². The Bertz CT molecular complexity index is 1450. The van der Waals surface area contributed by atoms with E-state index in [0.29, 0.717) is 17.8 Å². The van der Waals surface area contributed by atoms with Gasteiger partial charge in [-0.1, -0.05) is 196 Å². The zero-order valence-electron chi connectivity index (χ0n) is 32.6. The standard InChI is InChI=1S/C49H70N2/c1-4-6-8-10-12-14-16-18-20-48(44-30-34-46(50)35-31-44)42-24-22-40(23-25-42)38-39(3)41-26-28-43(29-27-41)49(45-32-36-47(51)37-33-45)21-19-17-15-13-11-9-7-5-2/h22-37,39,48-49H,4-21,38,50-51H2,1-3H3. The van der Waals surface area contributed by atoms with Gasteiger partial charge in [0, 0.05) is 23.2 Å². The average molecular weight is 687 g/mol. The minimum absolute atomic E-state index is 0.419. The molecule has 0 aliphatic heterocycles. The molecule has 0 aliphatic carbocycles. The smallest absolute Gasteiger partial charge is 0.0314 e. The highest BCUT2D eigenvalue weighted by Crippen LogP contribution is 2.34. The van der Waals surface area contributed by atoms with E-state index < -0.39 is 0 Å². The molecule has 2 nitrogen and oxygen atoms in total. The number of hydrogen-bond donors (Lipinski definition) is 2. The molecule has 3 unspecified atom stereocenters. The first-order valence-corrected chi connectivity index (χ1v) is 20.9. The Balaban J connectivity index is 1.35. The fourth-order valence-electron chi connectivity index (χ4n) is 7.89. The van der Waals surface area contributed by atoms with Crippen molar-refractivity contribution in [2.24, 2.45) is 0 Å². The number of nitrogens with two attached hydrogens (primary N) is 2. The maximum atomic E-state index is 6.07. The van der Waals surface area contributed by atoms with E-state index in [2.05, 4.69) is 118 Å². The van der Waals surface area contributed by atoms with Gasteiger partial charge in [-0.15, -0.1) is 0 Å². The van der Waals surface area contributed by atoms with Gasteiger partial charge in [0.1, 0.15) is 0 Å². The van der Waals surface area contributed by atoms with Crippen molar-refractivity contribution in [2.45, 2.75) is 161 Å². The van der Waals surface area contributed by atoms with Crippen LogP contribution in [0.15, 0.2) is 97.1 Å². The van der Waals surface area contributed by atoms with Crippen LogP contribution >= 0.6 is 0 Å². The highest BCUT2D eigenvalue weighted by atomic mass is 14.5. The fourth-order valence-corrected chi connectivity index (χ4v) is 7.89.